The SMILES string of the molecule is COC(=O)C(=O)c1ccc(C)nc1OC. The van der Waals surface area contributed by atoms with Gasteiger partial charge in [0.1, 0.15) is 0 Å². The van der Waals surface area contributed by atoms with Crippen LogP contribution in [0.4, 0.5) is 0 Å². The number of hydrogen-bond donors (Lipinski definition) is 0. The fraction of sp³-hybridized carbons (Fsp3) is 0.300. The van der Waals surface area contributed by atoms with Crippen LogP contribution >= 0.6 is 0 Å². The van der Waals surface area contributed by atoms with Crippen LogP contribution in [-0.2, 0) is 9.53 Å². The van der Waals surface area contributed by atoms with Crippen molar-refractivity contribution in [2.45, 2.75) is 6.92 Å². The number of ketones is 1. The number of hydrogen-bond acceptors (Lipinski definition) is 5. The predicted octanol–water partition coefficient (Wildman–Crippen LogP) is 0.754. The van der Waals surface area contributed by atoms with Gasteiger partial charge in [0.15, 0.2) is 0 Å². The maximum absolute atomic E-state index is 11.5. The summed E-state index contributed by atoms with van der Waals surface area (Å²) >= 11 is 0. The molecule has 5 nitrogen and oxygen atoms in total. The van der Waals surface area contributed by atoms with Crippen molar-refractivity contribution in [2.75, 3.05) is 14.2 Å². The van der Waals surface area contributed by atoms with Crippen LogP contribution in [0.1, 0.15) is 16.1 Å². The number of Topliss-reactive ketones (excluding diaryl/α,β-unsaturated/α-hetero) is 1. The van der Waals surface area contributed by atoms with Gasteiger partial charge in [-0.2, -0.15) is 0 Å². The molecular weight excluding hydrogens is 198 g/mol. The lowest BCUT2D eigenvalue weighted by molar-refractivity contribution is -0.135. The van der Waals surface area contributed by atoms with Gasteiger partial charge in [-0.1, -0.05) is 0 Å². The smallest absolute Gasteiger partial charge is 0.379 e. The molecule has 0 aliphatic heterocycles. The number of carbonyl (C=O) groups is 2. The second-order valence-electron chi connectivity index (χ2n) is 2.83. The van der Waals surface area contributed by atoms with E-state index in [0.717, 1.165) is 7.11 Å². The van der Waals surface area contributed by atoms with Crippen LogP contribution in [-0.4, -0.2) is 31.0 Å². The second-order valence-corrected chi connectivity index (χ2v) is 2.83. The second kappa shape index (κ2) is 4.54. The maximum Gasteiger partial charge on any atom is 0.379 e. The van der Waals surface area contributed by atoms with Crippen LogP contribution in [0.3, 0.4) is 0 Å². The Morgan fingerprint density at radius 1 is 1.27 bits per heavy atom. The Kier molecular flexibility index (Phi) is 3.38. The molecule has 0 spiro atoms. The van der Waals surface area contributed by atoms with Crippen LogP contribution in [0, 0.1) is 6.92 Å². The van der Waals surface area contributed by atoms with E-state index in [0.29, 0.717) is 5.69 Å². The Balaban J connectivity index is 3.14. The fourth-order valence-corrected chi connectivity index (χ4v) is 1.06. The van der Waals surface area contributed by atoms with E-state index in [1.807, 2.05) is 0 Å². The lowest BCUT2D eigenvalue weighted by atomic mass is 10.1. The van der Waals surface area contributed by atoms with Gasteiger partial charge in [0.25, 0.3) is 5.78 Å². The topological polar surface area (TPSA) is 65.5 Å². The number of aryl methyl sites for hydroxylation is 1. The van der Waals surface area contributed by atoms with E-state index in [1.54, 1.807) is 13.0 Å². The summed E-state index contributed by atoms with van der Waals surface area (Å²) in [5, 5.41) is 0. The highest BCUT2D eigenvalue weighted by Gasteiger charge is 2.21. The highest BCUT2D eigenvalue weighted by atomic mass is 16.5. The van der Waals surface area contributed by atoms with Crippen LogP contribution in [0.2, 0.25) is 0 Å². The average Bonchev–Trinajstić information content (AvgIpc) is 2.26. The fourth-order valence-electron chi connectivity index (χ4n) is 1.06. The molecular formula is C10H11NO4. The minimum absolute atomic E-state index is 0.106. The summed E-state index contributed by atoms with van der Waals surface area (Å²) in [6.07, 6.45) is 0. The number of rotatable bonds is 3. The van der Waals surface area contributed by atoms with Crippen molar-refractivity contribution >= 4 is 11.8 Å². The summed E-state index contributed by atoms with van der Waals surface area (Å²) in [7, 11) is 2.53. The van der Waals surface area contributed by atoms with Crippen molar-refractivity contribution < 1.29 is 19.1 Å². The van der Waals surface area contributed by atoms with Crippen molar-refractivity contribution in [3.8, 4) is 5.88 Å². The molecule has 1 rings (SSSR count). The van der Waals surface area contributed by atoms with Crippen LogP contribution < -0.4 is 4.74 Å². The first kappa shape index (κ1) is 11.2. The molecule has 0 N–H and O–H groups in total. The highest BCUT2D eigenvalue weighted by molar-refractivity contribution is 6.41. The predicted molar refractivity (Wildman–Crippen MR) is 51.9 cm³/mol. The third-order valence-electron chi connectivity index (χ3n) is 1.81. The summed E-state index contributed by atoms with van der Waals surface area (Å²) in [5.74, 6) is -1.56. The lowest BCUT2D eigenvalue weighted by Crippen LogP contribution is -2.17. The zero-order chi connectivity index (χ0) is 11.4. The average molecular weight is 209 g/mol. The van der Waals surface area contributed by atoms with E-state index in [9.17, 15) is 9.59 Å². The van der Waals surface area contributed by atoms with Crippen molar-refractivity contribution in [1.82, 2.24) is 4.98 Å². The van der Waals surface area contributed by atoms with E-state index < -0.39 is 11.8 Å². The number of ether oxygens (including phenoxy) is 2. The monoisotopic (exact) mass is 209 g/mol. The van der Waals surface area contributed by atoms with Crippen molar-refractivity contribution in [1.29, 1.82) is 0 Å². The minimum atomic E-state index is -0.932. The Hall–Kier alpha value is -1.91. The number of carbonyl (C=O) groups excluding carboxylic acids is 2. The molecule has 0 aliphatic rings. The molecule has 0 unspecified atom stereocenters. The molecule has 0 radical (unpaired) electrons. The molecule has 1 aromatic rings. The third-order valence-corrected chi connectivity index (χ3v) is 1.81. The lowest BCUT2D eigenvalue weighted by Gasteiger charge is -2.05. The largest absolute Gasteiger partial charge is 0.480 e. The molecule has 0 aromatic carbocycles. The van der Waals surface area contributed by atoms with Crippen molar-refractivity contribution in [3.63, 3.8) is 0 Å². The normalized spacial score (nSPS) is 9.53. The van der Waals surface area contributed by atoms with E-state index in [4.69, 9.17) is 4.74 Å². The first-order valence-electron chi connectivity index (χ1n) is 4.24. The first-order chi connectivity index (χ1) is 7.10. The Labute approximate surface area is 87.0 Å². The number of nitrogens with zero attached hydrogens (tertiary/aromatic N) is 1. The van der Waals surface area contributed by atoms with Gasteiger partial charge in [0, 0.05) is 5.69 Å². The van der Waals surface area contributed by atoms with E-state index >= 15 is 0 Å². The summed E-state index contributed by atoms with van der Waals surface area (Å²) in [6.45, 7) is 1.76. The van der Waals surface area contributed by atoms with Crippen LogP contribution in [0.25, 0.3) is 0 Å². The van der Waals surface area contributed by atoms with Gasteiger partial charge >= 0.3 is 5.97 Å². The van der Waals surface area contributed by atoms with Gasteiger partial charge in [-0.25, -0.2) is 9.78 Å². The molecule has 0 saturated carbocycles. The molecule has 80 valence electrons. The summed E-state index contributed by atoms with van der Waals surface area (Å²) in [4.78, 5) is 26.5. The van der Waals surface area contributed by atoms with Gasteiger partial charge in [-0.05, 0) is 19.1 Å². The molecule has 5 heteroatoms. The zero-order valence-electron chi connectivity index (χ0n) is 8.73. The van der Waals surface area contributed by atoms with Gasteiger partial charge in [0.2, 0.25) is 5.88 Å². The number of esters is 1. The highest BCUT2D eigenvalue weighted by Crippen LogP contribution is 2.16. The number of methoxy groups -OCH3 is 2. The molecule has 0 saturated heterocycles. The third kappa shape index (κ3) is 2.31. The zero-order valence-corrected chi connectivity index (χ0v) is 8.73. The molecule has 0 fully saturated rings. The number of pyridine rings is 1. The Morgan fingerprint density at radius 2 is 1.93 bits per heavy atom. The molecule has 0 amide bonds. The van der Waals surface area contributed by atoms with Gasteiger partial charge < -0.3 is 9.47 Å². The van der Waals surface area contributed by atoms with Gasteiger partial charge in [0.05, 0.1) is 19.8 Å². The van der Waals surface area contributed by atoms with E-state index in [-0.39, 0.29) is 11.4 Å². The van der Waals surface area contributed by atoms with Crippen molar-refractivity contribution in [3.05, 3.63) is 23.4 Å². The summed E-state index contributed by atoms with van der Waals surface area (Å²) in [5.41, 5.74) is 0.809. The molecule has 1 heterocycles. The Morgan fingerprint density at radius 3 is 2.47 bits per heavy atom. The molecule has 0 atom stereocenters. The minimum Gasteiger partial charge on any atom is -0.480 e. The van der Waals surface area contributed by atoms with Gasteiger partial charge in [-0.15, -0.1) is 0 Å². The van der Waals surface area contributed by atoms with Crippen LogP contribution in [0.15, 0.2) is 12.1 Å². The van der Waals surface area contributed by atoms with Crippen molar-refractivity contribution in [2.24, 2.45) is 0 Å². The Bertz CT molecular complexity index is 400. The molecule has 0 aliphatic carbocycles. The molecule has 1 aromatic heterocycles. The summed E-state index contributed by atoms with van der Waals surface area (Å²) < 4.78 is 9.23. The standard InChI is InChI=1S/C10H11NO4/c1-6-4-5-7(9(11-6)14-2)8(12)10(13)15-3/h4-5H,1-3H3. The maximum atomic E-state index is 11.5. The first-order valence-corrected chi connectivity index (χ1v) is 4.24. The van der Waals surface area contributed by atoms with E-state index in [2.05, 4.69) is 9.72 Å². The van der Waals surface area contributed by atoms with E-state index in [1.165, 1.54) is 13.2 Å². The quantitative estimate of drug-likeness (QED) is 0.417. The van der Waals surface area contributed by atoms with Gasteiger partial charge in [-0.3, -0.25) is 4.79 Å². The molecule has 0 bridgehead atoms. The number of aromatic nitrogens is 1. The van der Waals surface area contributed by atoms with Crippen LogP contribution in [0.5, 0.6) is 5.88 Å². The molecule has 15 heavy (non-hydrogen) atoms. The summed E-state index contributed by atoms with van der Waals surface area (Å²) in [6, 6.07) is 3.11.